The standard InChI is InChI=1S/C30H37P/c1-2-3-4-5-6-7-11-20-28(27-18-12-8-13-19-27)25-26-31(29-21-14-9-15-22-29)30-23-16-10-17-24-30/h8-24,28H,2-7,25-26H2,1H3/b20-11-. The highest BCUT2D eigenvalue weighted by molar-refractivity contribution is 7.73. The van der Waals surface area contributed by atoms with Crippen LogP contribution in [0.1, 0.15) is 63.4 Å². The Balaban J connectivity index is 1.69. The van der Waals surface area contributed by atoms with Crippen LogP contribution in [0.5, 0.6) is 0 Å². The third-order valence-electron chi connectivity index (χ3n) is 5.87. The SMILES string of the molecule is CCCCCCC/C=C\C(CCP(c1ccccc1)c1ccccc1)c1ccccc1. The van der Waals surface area contributed by atoms with Crippen LogP contribution in [0, 0.1) is 0 Å². The van der Waals surface area contributed by atoms with Gasteiger partial charge in [-0.25, -0.2) is 0 Å². The molecule has 3 rings (SSSR count). The Morgan fingerprint density at radius 1 is 0.677 bits per heavy atom. The van der Waals surface area contributed by atoms with Gasteiger partial charge in [0.1, 0.15) is 0 Å². The van der Waals surface area contributed by atoms with Gasteiger partial charge < -0.3 is 0 Å². The first-order chi connectivity index (χ1) is 15.4. The Labute approximate surface area is 191 Å². The maximum atomic E-state index is 2.48. The zero-order chi connectivity index (χ0) is 21.6. The van der Waals surface area contributed by atoms with E-state index in [1.54, 1.807) is 0 Å². The van der Waals surface area contributed by atoms with Crippen LogP contribution in [0.2, 0.25) is 0 Å². The molecule has 0 heterocycles. The molecule has 162 valence electrons. The van der Waals surface area contributed by atoms with Crippen molar-refractivity contribution in [3.8, 4) is 0 Å². The van der Waals surface area contributed by atoms with Crippen LogP contribution in [0.15, 0.2) is 103 Å². The Hall–Kier alpha value is -2.17. The fraction of sp³-hybridized carbons (Fsp3) is 0.333. The quantitative estimate of drug-likeness (QED) is 0.146. The Morgan fingerprint density at radius 2 is 1.23 bits per heavy atom. The second-order valence-electron chi connectivity index (χ2n) is 8.26. The smallest absolute Gasteiger partial charge is 0.00215 e. The summed E-state index contributed by atoms with van der Waals surface area (Å²) in [6, 6.07) is 33.3. The van der Waals surface area contributed by atoms with Gasteiger partial charge in [0, 0.05) is 5.92 Å². The number of hydrogen-bond donors (Lipinski definition) is 0. The molecule has 0 radical (unpaired) electrons. The highest BCUT2D eigenvalue weighted by Gasteiger charge is 2.16. The highest BCUT2D eigenvalue weighted by atomic mass is 31.1. The summed E-state index contributed by atoms with van der Waals surface area (Å²) in [7, 11) is -0.336. The molecule has 0 fully saturated rings. The van der Waals surface area contributed by atoms with Crippen LogP contribution in [0.3, 0.4) is 0 Å². The lowest BCUT2D eigenvalue weighted by atomic mass is 9.95. The summed E-state index contributed by atoms with van der Waals surface area (Å²) in [6.07, 6.45) is 15.3. The average molecular weight is 429 g/mol. The van der Waals surface area contributed by atoms with Crippen molar-refractivity contribution in [3.63, 3.8) is 0 Å². The van der Waals surface area contributed by atoms with Gasteiger partial charge in [0.05, 0.1) is 0 Å². The molecule has 0 N–H and O–H groups in total. The lowest BCUT2D eigenvalue weighted by molar-refractivity contribution is 0.636. The molecule has 0 nitrogen and oxygen atoms in total. The molecule has 0 aliphatic heterocycles. The molecule has 0 saturated carbocycles. The van der Waals surface area contributed by atoms with E-state index in [4.69, 9.17) is 0 Å². The second-order valence-corrected chi connectivity index (χ2v) is 10.6. The van der Waals surface area contributed by atoms with Gasteiger partial charge in [0.2, 0.25) is 0 Å². The van der Waals surface area contributed by atoms with Gasteiger partial charge in [-0.1, -0.05) is 136 Å². The predicted molar refractivity (Wildman–Crippen MR) is 140 cm³/mol. The number of allylic oxidation sites excluding steroid dienone is 2. The minimum absolute atomic E-state index is 0.336. The van der Waals surface area contributed by atoms with Crippen LogP contribution in [-0.2, 0) is 0 Å². The first-order valence-corrected chi connectivity index (χ1v) is 13.5. The zero-order valence-electron chi connectivity index (χ0n) is 19.0. The van der Waals surface area contributed by atoms with E-state index in [0.717, 1.165) is 0 Å². The zero-order valence-corrected chi connectivity index (χ0v) is 19.9. The fourth-order valence-electron chi connectivity index (χ4n) is 4.09. The van der Waals surface area contributed by atoms with Crippen LogP contribution < -0.4 is 10.6 Å². The van der Waals surface area contributed by atoms with Gasteiger partial charge in [-0.05, 0) is 49.5 Å². The van der Waals surface area contributed by atoms with Crippen molar-refractivity contribution in [2.75, 3.05) is 6.16 Å². The van der Waals surface area contributed by atoms with Gasteiger partial charge in [-0.3, -0.25) is 0 Å². The summed E-state index contributed by atoms with van der Waals surface area (Å²) in [5, 5.41) is 2.96. The second kappa shape index (κ2) is 14.0. The molecule has 31 heavy (non-hydrogen) atoms. The summed E-state index contributed by atoms with van der Waals surface area (Å²) in [5.74, 6) is 0.495. The van der Waals surface area contributed by atoms with E-state index in [1.165, 1.54) is 67.3 Å². The fourth-order valence-corrected chi connectivity index (χ4v) is 6.51. The summed E-state index contributed by atoms with van der Waals surface area (Å²) >= 11 is 0. The van der Waals surface area contributed by atoms with Gasteiger partial charge in [0.15, 0.2) is 0 Å². The molecular weight excluding hydrogens is 391 g/mol. The third kappa shape index (κ3) is 8.12. The largest absolute Gasteiger partial charge is 0.0879 e. The summed E-state index contributed by atoms with van der Waals surface area (Å²) in [4.78, 5) is 0. The van der Waals surface area contributed by atoms with E-state index in [1.807, 2.05) is 0 Å². The molecule has 0 amide bonds. The van der Waals surface area contributed by atoms with Gasteiger partial charge >= 0.3 is 0 Å². The average Bonchev–Trinajstić information content (AvgIpc) is 2.84. The van der Waals surface area contributed by atoms with Gasteiger partial charge in [-0.2, -0.15) is 0 Å². The lowest BCUT2D eigenvalue weighted by Gasteiger charge is -2.21. The van der Waals surface area contributed by atoms with Crippen LogP contribution >= 0.6 is 7.92 Å². The minimum atomic E-state index is -0.336. The van der Waals surface area contributed by atoms with E-state index in [9.17, 15) is 0 Å². The molecule has 0 spiro atoms. The molecular formula is C30H37P. The molecule has 0 aliphatic rings. The maximum absolute atomic E-state index is 2.48. The molecule has 1 heteroatoms. The first kappa shape index (κ1) is 23.5. The first-order valence-electron chi connectivity index (χ1n) is 12.0. The third-order valence-corrected chi connectivity index (χ3v) is 8.42. The van der Waals surface area contributed by atoms with Crippen molar-refractivity contribution in [2.45, 2.75) is 57.8 Å². The summed E-state index contributed by atoms with van der Waals surface area (Å²) in [6.45, 7) is 2.28. The van der Waals surface area contributed by atoms with Crippen molar-refractivity contribution in [3.05, 3.63) is 109 Å². The van der Waals surface area contributed by atoms with Crippen molar-refractivity contribution in [2.24, 2.45) is 0 Å². The summed E-state index contributed by atoms with van der Waals surface area (Å²) < 4.78 is 0. The van der Waals surface area contributed by atoms with E-state index >= 15 is 0 Å². The van der Waals surface area contributed by atoms with Crippen molar-refractivity contribution >= 4 is 18.5 Å². The number of rotatable bonds is 13. The van der Waals surface area contributed by atoms with E-state index in [2.05, 4.69) is 110 Å². The molecule has 1 unspecified atom stereocenters. The lowest BCUT2D eigenvalue weighted by Crippen LogP contribution is -2.15. The minimum Gasteiger partial charge on any atom is -0.0879 e. The Morgan fingerprint density at radius 3 is 1.81 bits per heavy atom. The number of benzene rings is 3. The normalized spacial score (nSPS) is 12.5. The van der Waals surface area contributed by atoms with Crippen molar-refractivity contribution < 1.29 is 0 Å². The predicted octanol–water partition coefficient (Wildman–Crippen LogP) is 8.21. The molecule has 0 aliphatic carbocycles. The Kier molecular flexibility index (Phi) is 10.6. The van der Waals surface area contributed by atoms with Crippen LogP contribution in [-0.4, -0.2) is 6.16 Å². The van der Waals surface area contributed by atoms with Crippen molar-refractivity contribution in [1.82, 2.24) is 0 Å². The van der Waals surface area contributed by atoms with E-state index < -0.39 is 0 Å². The van der Waals surface area contributed by atoms with E-state index in [0.29, 0.717) is 5.92 Å². The van der Waals surface area contributed by atoms with E-state index in [-0.39, 0.29) is 7.92 Å². The Bertz CT molecular complexity index is 815. The van der Waals surface area contributed by atoms with Crippen LogP contribution in [0.4, 0.5) is 0 Å². The number of hydrogen-bond acceptors (Lipinski definition) is 0. The molecule has 0 aromatic heterocycles. The topological polar surface area (TPSA) is 0 Å². The van der Waals surface area contributed by atoms with Gasteiger partial charge in [0.25, 0.3) is 0 Å². The van der Waals surface area contributed by atoms with Crippen molar-refractivity contribution in [1.29, 1.82) is 0 Å². The summed E-state index contributed by atoms with van der Waals surface area (Å²) in [5.41, 5.74) is 1.45. The molecule has 0 bridgehead atoms. The van der Waals surface area contributed by atoms with Gasteiger partial charge in [-0.15, -0.1) is 0 Å². The monoisotopic (exact) mass is 428 g/mol. The molecule has 0 saturated heterocycles. The molecule has 1 atom stereocenters. The molecule has 3 aromatic rings. The molecule has 3 aromatic carbocycles. The highest BCUT2D eigenvalue weighted by Crippen LogP contribution is 2.37. The number of unbranched alkanes of at least 4 members (excludes halogenated alkanes) is 5. The van der Waals surface area contributed by atoms with Crippen LogP contribution in [0.25, 0.3) is 0 Å². The maximum Gasteiger partial charge on any atom is 0.00215 e.